The van der Waals surface area contributed by atoms with Gasteiger partial charge in [-0.1, -0.05) is 24.0 Å². The van der Waals surface area contributed by atoms with E-state index in [0.29, 0.717) is 11.3 Å². The van der Waals surface area contributed by atoms with Gasteiger partial charge in [0.1, 0.15) is 4.90 Å². The molecule has 0 fully saturated rings. The quantitative estimate of drug-likeness (QED) is 0.841. The summed E-state index contributed by atoms with van der Waals surface area (Å²) in [5.74, 6) is 5.43. The Bertz CT molecular complexity index is 805. The zero-order valence-corrected chi connectivity index (χ0v) is 12.3. The third kappa shape index (κ3) is 3.81. The molecule has 0 saturated carbocycles. The average molecular weight is 301 g/mol. The molecule has 1 aromatic heterocycles. The summed E-state index contributed by atoms with van der Waals surface area (Å²) < 4.78 is 27.4. The molecule has 0 radical (unpaired) electrons. The lowest BCUT2D eigenvalue weighted by Gasteiger charge is -2.09. The standard InChI is InChI=1S/C15H15N3O2S/c1-12-9-14(11-17-10-12)18-21(19,20)15-7-3-2-5-13(15)6-4-8-16/h2-3,5,7,9-11,18H,8,16H2,1H3. The molecule has 0 atom stereocenters. The smallest absolute Gasteiger partial charge is 0.263 e. The van der Waals surface area contributed by atoms with E-state index in [1.54, 1.807) is 30.5 Å². The van der Waals surface area contributed by atoms with Crippen LogP contribution in [0.4, 0.5) is 5.69 Å². The number of aryl methyl sites for hydroxylation is 1. The second kappa shape index (κ2) is 6.39. The Hall–Kier alpha value is -2.36. The molecule has 5 nitrogen and oxygen atoms in total. The third-order valence-electron chi connectivity index (χ3n) is 2.63. The highest BCUT2D eigenvalue weighted by atomic mass is 32.2. The molecular weight excluding hydrogens is 286 g/mol. The van der Waals surface area contributed by atoms with Crippen molar-refractivity contribution in [2.45, 2.75) is 11.8 Å². The Kier molecular flexibility index (Phi) is 4.58. The van der Waals surface area contributed by atoms with E-state index in [2.05, 4.69) is 21.5 Å². The maximum atomic E-state index is 12.5. The van der Waals surface area contributed by atoms with Crippen LogP contribution in [0.5, 0.6) is 0 Å². The lowest BCUT2D eigenvalue weighted by Crippen LogP contribution is -2.14. The Morgan fingerprint density at radius 3 is 2.76 bits per heavy atom. The van der Waals surface area contributed by atoms with Gasteiger partial charge in [0.05, 0.1) is 18.4 Å². The molecule has 0 spiro atoms. The maximum absolute atomic E-state index is 12.5. The summed E-state index contributed by atoms with van der Waals surface area (Å²) in [6, 6.07) is 8.24. The summed E-state index contributed by atoms with van der Waals surface area (Å²) in [4.78, 5) is 4.08. The van der Waals surface area contributed by atoms with E-state index in [-0.39, 0.29) is 11.4 Å². The number of aromatic nitrogens is 1. The van der Waals surface area contributed by atoms with E-state index in [1.807, 2.05) is 6.92 Å². The SMILES string of the molecule is Cc1cncc(NS(=O)(=O)c2ccccc2C#CCN)c1. The van der Waals surface area contributed by atoms with Gasteiger partial charge in [-0.05, 0) is 30.7 Å². The van der Waals surface area contributed by atoms with Crippen molar-refractivity contribution in [2.75, 3.05) is 11.3 Å². The minimum atomic E-state index is -3.72. The van der Waals surface area contributed by atoms with E-state index < -0.39 is 10.0 Å². The van der Waals surface area contributed by atoms with Crippen LogP contribution in [-0.4, -0.2) is 19.9 Å². The van der Waals surface area contributed by atoms with Crippen LogP contribution in [0.3, 0.4) is 0 Å². The number of rotatable bonds is 3. The van der Waals surface area contributed by atoms with Crippen molar-refractivity contribution in [1.29, 1.82) is 0 Å². The molecule has 0 bridgehead atoms. The van der Waals surface area contributed by atoms with Gasteiger partial charge in [-0.15, -0.1) is 0 Å². The number of pyridine rings is 1. The summed E-state index contributed by atoms with van der Waals surface area (Å²) in [5, 5.41) is 0. The van der Waals surface area contributed by atoms with E-state index in [9.17, 15) is 8.42 Å². The highest BCUT2D eigenvalue weighted by Crippen LogP contribution is 2.19. The molecule has 1 aromatic carbocycles. The van der Waals surface area contributed by atoms with Gasteiger partial charge < -0.3 is 5.73 Å². The van der Waals surface area contributed by atoms with Crippen molar-refractivity contribution < 1.29 is 8.42 Å². The summed E-state index contributed by atoms with van der Waals surface area (Å²) >= 11 is 0. The molecule has 0 saturated heterocycles. The first-order chi connectivity index (χ1) is 10.0. The number of nitrogens with zero attached hydrogens (tertiary/aromatic N) is 1. The monoisotopic (exact) mass is 301 g/mol. The van der Waals surface area contributed by atoms with Crippen LogP contribution < -0.4 is 10.5 Å². The zero-order chi connectivity index (χ0) is 15.3. The lowest BCUT2D eigenvalue weighted by molar-refractivity contribution is 0.601. The van der Waals surface area contributed by atoms with Gasteiger partial charge in [-0.2, -0.15) is 0 Å². The summed E-state index contributed by atoms with van der Waals surface area (Å²) in [6.45, 7) is 2.01. The summed E-state index contributed by atoms with van der Waals surface area (Å²) in [7, 11) is -3.72. The van der Waals surface area contributed by atoms with Gasteiger partial charge in [0, 0.05) is 11.8 Å². The molecule has 1 heterocycles. The minimum absolute atomic E-state index is 0.118. The molecule has 2 rings (SSSR count). The van der Waals surface area contributed by atoms with Crippen LogP contribution in [0.15, 0.2) is 47.6 Å². The van der Waals surface area contributed by atoms with Crippen LogP contribution in [0.1, 0.15) is 11.1 Å². The van der Waals surface area contributed by atoms with Crippen LogP contribution in [0.25, 0.3) is 0 Å². The molecule has 2 aromatic rings. The molecule has 0 amide bonds. The van der Waals surface area contributed by atoms with Crippen molar-refractivity contribution in [3.05, 3.63) is 53.9 Å². The number of nitrogens with two attached hydrogens (primary N) is 1. The second-order valence-corrected chi connectivity index (χ2v) is 6.01. The number of hydrogen-bond acceptors (Lipinski definition) is 4. The molecule has 0 aliphatic heterocycles. The van der Waals surface area contributed by atoms with Crippen molar-refractivity contribution in [3.63, 3.8) is 0 Å². The average Bonchev–Trinajstić information content (AvgIpc) is 2.45. The first-order valence-corrected chi connectivity index (χ1v) is 7.73. The van der Waals surface area contributed by atoms with Gasteiger partial charge in [0.2, 0.25) is 0 Å². The van der Waals surface area contributed by atoms with Gasteiger partial charge >= 0.3 is 0 Å². The molecule has 21 heavy (non-hydrogen) atoms. The normalized spacial score (nSPS) is 10.6. The van der Waals surface area contributed by atoms with Gasteiger partial charge in [-0.25, -0.2) is 8.42 Å². The van der Waals surface area contributed by atoms with Crippen LogP contribution in [-0.2, 0) is 10.0 Å². The highest BCUT2D eigenvalue weighted by Gasteiger charge is 2.17. The van der Waals surface area contributed by atoms with E-state index >= 15 is 0 Å². The first-order valence-electron chi connectivity index (χ1n) is 6.25. The van der Waals surface area contributed by atoms with Crippen molar-refractivity contribution in [1.82, 2.24) is 4.98 Å². The second-order valence-electron chi connectivity index (χ2n) is 4.36. The zero-order valence-electron chi connectivity index (χ0n) is 11.5. The number of anilines is 1. The Morgan fingerprint density at radius 1 is 1.29 bits per heavy atom. The molecule has 108 valence electrons. The first kappa shape index (κ1) is 15.0. The Labute approximate surface area is 124 Å². The largest absolute Gasteiger partial charge is 0.320 e. The van der Waals surface area contributed by atoms with E-state index in [1.165, 1.54) is 12.3 Å². The Balaban J connectivity index is 2.40. The molecule has 6 heteroatoms. The number of hydrogen-bond donors (Lipinski definition) is 2. The van der Waals surface area contributed by atoms with Crippen molar-refractivity contribution >= 4 is 15.7 Å². The molecule has 0 aliphatic rings. The minimum Gasteiger partial charge on any atom is -0.320 e. The van der Waals surface area contributed by atoms with Crippen molar-refractivity contribution in [2.24, 2.45) is 5.73 Å². The van der Waals surface area contributed by atoms with Gasteiger partial charge in [0.25, 0.3) is 10.0 Å². The predicted octanol–water partition coefficient (Wildman–Crippen LogP) is 1.50. The lowest BCUT2D eigenvalue weighted by atomic mass is 10.2. The third-order valence-corrected chi connectivity index (χ3v) is 4.07. The van der Waals surface area contributed by atoms with Crippen LogP contribution in [0, 0.1) is 18.8 Å². The van der Waals surface area contributed by atoms with E-state index in [4.69, 9.17) is 5.73 Å². The fourth-order valence-electron chi connectivity index (χ4n) is 1.77. The molecule has 3 N–H and O–H groups in total. The number of nitrogens with one attached hydrogen (secondary N) is 1. The number of benzene rings is 1. The van der Waals surface area contributed by atoms with Crippen LogP contribution in [0.2, 0.25) is 0 Å². The topological polar surface area (TPSA) is 85.1 Å². The van der Waals surface area contributed by atoms with Gasteiger partial charge in [-0.3, -0.25) is 9.71 Å². The van der Waals surface area contributed by atoms with Gasteiger partial charge in [0.15, 0.2) is 0 Å². The maximum Gasteiger partial charge on any atom is 0.263 e. The highest BCUT2D eigenvalue weighted by molar-refractivity contribution is 7.92. The fraction of sp³-hybridized carbons (Fsp3) is 0.133. The number of sulfonamides is 1. The van der Waals surface area contributed by atoms with E-state index in [0.717, 1.165) is 5.56 Å². The van der Waals surface area contributed by atoms with Crippen molar-refractivity contribution in [3.8, 4) is 11.8 Å². The van der Waals surface area contributed by atoms with Crippen LogP contribution >= 0.6 is 0 Å². The fourth-order valence-corrected chi connectivity index (χ4v) is 2.97. The molecule has 0 unspecified atom stereocenters. The molecule has 0 aliphatic carbocycles. The predicted molar refractivity (Wildman–Crippen MR) is 82.2 cm³/mol. The summed E-state index contributed by atoms with van der Waals surface area (Å²) in [5.41, 5.74) is 7.02. The Morgan fingerprint density at radius 2 is 2.05 bits per heavy atom. The summed E-state index contributed by atoms with van der Waals surface area (Å²) in [6.07, 6.45) is 3.11. The molecular formula is C15H15N3O2S.